The summed E-state index contributed by atoms with van der Waals surface area (Å²) in [6.45, 7) is 8.77. The summed E-state index contributed by atoms with van der Waals surface area (Å²) in [6.07, 6.45) is 3.48. The predicted octanol–water partition coefficient (Wildman–Crippen LogP) is 5.13. The van der Waals surface area contributed by atoms with E-state index in [1.807, 2.05) is 44.2 Å². The van der Waals surface area contributed by atoms with Crippen LogP contribution >= 0.6 is 7.60 Å². The molecule has 11 nitrogen and oxygen atoms in total. The van der Waals surface area contributed by atoms with Gasteiger partial charge in [0, 0.05) is 19.0 Å². The van der Waals surface area contributed by atoms with Crippen molar-refractivity contribution in [2.45, 2.75) is 89.6 Å². The Morgan fingerprint density at radius 3 is 2.25 bits per heavy atom. The molecule has 0 spiro atoms. The molecule has 7 atom stereocenters. The van der Waals surface area contributed by atoms with Crippen molar-refractivity contribution in [3.05, 3.63) is 60.2 Å². The van der Waals surface area contributed by atoms with Gasteiger partial charge >= 0.3 is 7.60 Å². The zero-order valence-electron chi connectivity index (χ0n) is 30.3. The Morgan fingerprint density at radius 1 is 0.980 bits per heavy atom. The highest BCUT2D eigenvalue weighted by molar-refractivity contribution is 7.89. The van der Waals surface area contributed by atoms with Gasteiger partial charge in [0.15, 0.2) is 6.29 Å². The van der Waals surface area contributed by atoms with Crippen LogP contribution in [0, 0.1) is 35.0 Å². The average molecular weight is 747 g/mol. The standard InChI is InChI=1S/C38H55N2O9PS/c1-5-48-50(43,49-6-2)29-14-16-30(17-15-29)51(44,45)40(22-26(3)4)23-34(41)33(20-27-12-8-7-9-13-27)39-37(42)38(18-10-11-19-38)35-28-21-31-32(35)25-47-36(31)46-24-28/h7-9,12-17,26,28,31-36,41H,5-6,10-11,18-25H2,1-4H3,(H,39,42)/t28?,31?,32-,33+,34-,35+,36+/m1/s1. The van der Waals surface area contributed by atoms with E-state index in [0.717, 1.165) is 37.7 Å². The second-order valence-corrected chi connectivity index (χ2v) is 19.1. The van der Waals surface area contributed by atoms with Gasteiger partial charge < -0.3 is 28.9 Å². The number of aliphatic hydroxyl groups is 1. The molecule has 2 aliphatic heterocycles. The molecule has 2 bridgehead atoms. The first-order valence-electron chi connectivity index (χ1n) is 18.7. The molecule has 2 aromatic carbocycles. The molecular formula is C38H55N2O9PS. The number of benzene rings is 2. The average Bonchev–Trinajstić information content (AvgIpc) is 3.82. The van der Waals surface area contributed by atoms with Gasteiger partial charge in [-0.2, -0.15) is 4.31 Å². The third kappa shape index (κ3) is 7.90. The molecule has 4 fully saturated rings. The van der Waals surface area contributed by atoms with Gasteiger partial charge in [0.05, 0.1) is 54.2 Å². The van der Waals surface area contributed by atoms with Gasteiger partial charge in [0.2, 0.25) is 15.9 Å². The van der Waals surface area contributed by atoms with Crippen molar-refractivity contribution in [1.29, 1.82) is 0 Å². The number of sulfonamides is 1. The van der Waals surface area contributed by atoms with Gasteiger partial charge in [-0.1, -0.05) is 57.0 Å². The van der Waals surface area contributed by atoms with Gasteiger partial charge in [-0.15, -0.1) is 0 Å². The highest BCUT2D eigenvalue weighted by Crippen LogP contribution is 2.61. The van der Waals surface area contributed by atoms with E-state index in [2.05, 4.69) is 5.32 Å². The summed E-state index contributed by atoms with van der Waals surface area (Å²) in [6, 6.07) is 14.7. The Labute approximate surface area is 303 Å². The quantitative estimate of drug-likeness (QED) is 0.211. The highest BCUT2D eigenvalue weighted by atomic mass is 32.2. The van der Waals surface area contributed by atoms with Gasteiger partial charge in [-0.25, -0.2) is 8.42 Å². The molecule has 2 aromatic rings. The molecule has 282 valence electrons. The SMILES string of the molecule is CCOP(=O)(OCC)c1ccc(S(=O)(=O)N(CC(C)C)C[C@@H](O)[C@H](Cc2ccccc2)NC(=O)C2([C@H]3C4CO[C@H]5OC[C@@H]3C5C4)CCCC2)cc1. The molecule has 2 N–H and O–H groups in total. The van der Waals surface area contributed by atoms with Crippen molar-refractivity contribution in [2.24, 2.45) is 35.0 Å². The molecule has 0 radical (unpaired) electrons. The minimum atomic E-state index is -4.11. The lowest BCUT2D eigenvalue weighted by atomic mass is 9.65. The number of aliphatic hydroxyl groups excluding tert-OH is 1. The molecule has 13 heteroatoms. The number of ether oxygens (including phenoxy) is 2. The fourth-order valence-electron chi connectivity index (χ4n) is 9.25. The molecule has 0 aromatic heterocycles. The van der Waals surface area contributed by atoms with Crippen LogP contribution in [0.3, 0.4) is 0 Å². The molecule has 2 saturated heterocycles. The summed E-state index contributed by atoms with van der Waals surface area (Å²) in [5, 5.41) is 15.6. The summed E-state index contributed by atoms with van der Waals surface area (Å²) in [4.78, 5) is 14.7. The Morgan fingerprint density at radius 2 is 1.63 bits per heavy atom. The largest absolute Gasteiger partial charge is 0.390 e. The minimum Gasteiger partial charge on any atom is -0.390 e. The van der Waals surface area contributed by atoms with Crippen LogP contribution in [0.1, 0.15) is 65.4 Å². The maximum absolute atomic E-state index is 14.7. The number of nitrogens with one attached hydrogen (secondary N) is 1. The van der Waals surface area contributed by atoms with E-state index in [1.165, 1.54) is 28.6 Å². The molecule has 1 amide bonds. The number of nitrogens with zero attached hydrogens (tertiary/aromatic N) is 1. The number of carbonyl (C=O) groups excluding carboxylic acids is 1. The van der Waals surface area contributed by atoms with Crippen molar-refractivity contribution in [1.82, 2.24) is 9.62 Å². The maximum atomic E-state index is 14.7. The van der Waals surface area contributed by atoms with Crippen molar-refractivity contribution < 1.29 is 41.4 Å². The van der Waals surface area contributed by atoms with Gasteiger partial charge in [0.1, 0.15) is 0 Å². The van der Waals surface area contributed by atoms with E-state index in [1.54, 1.807) is 13.8 Å². The van der Waals surface area contributed by atoms with Crippen LogP contribution in [0.5, 0.6) is 0 Å². The van der Waals surface area contributed by atoms with Crippen molar-refractivity contribution in [2.75, 3.05) is 39.5 Å². The maximum Gasteiger partial charge on any atom is 0.361 e. The van der Waals surface area contributed by atoms with Crippen LogP contribution in [0.15, 0.2) is 59.5 Å². The van der Waals surface area contributed by atoms with E-state index in [0.29, 0.717) is 31.5 Å². The Bertz CT molecular complexity index is 1620. The van der Waals surface area contributed by atoms with E-state index in [4.69, 9.17) is 18.5 Å². The van der Waals surface area contributed by atoms with Crippen LogP contribution in [0.25, 0.3) is 0 Å². The number of carbonyl (C=O) groups is 1. The summed E-state index contributed by atoms with van der Waals surface area (Å²) < 4.78 is 66.0. The number of rotatable bonds is 17. The van der Waals surface area contributed by atoms with Crippen LogP contribution in [0.4, 0.5) is 0 Å². The third-order valence-electron chi connectivity index (χ3n) is 11.4. The molecule has 6 rings (SSSR count). The van der Waals surface area contributed by atoms with E-state index in [9.17, 15) is 22.9 Å². The number of hydrogen-bond acceptors (Lipinski definition) is 9. The monoisotopic (exact) mass is 746 g/mol. The van der Waals surface area contributed by atoms with E-state index < -0.39 is 35.2 Å². The third-order valence-corrected chi connectivity index (χ3v) is 15.4. The van der Waals surface area contributed by atoms with Crippen molar-refractivity contribution in [3.63, 3.8) is 0 Å². The topological polar surface area (TPSA) is 141 Å². The lowest BCUT2D eigenvalue weighted by molar-refractivity contribution is -0.171. The van der Waals surface area contributed by atoms with Crippen LogP contribution in [-0.2, 0) is 44.3 Å². The number of amides is 1. The second-order valence-electron chi connectivity index (χ2n) is 15.1. The summed E-state index contributed by atoms with van der Waals surface area (Å²) in [7, 11) is -7.72. The smallest absolute Gasteiger partial charge is 0.361 e. The summed E-state index contributed by atoms with van der Waals surface area (Å²) >= 11 is 0. The van der Waals surface area contributed by atoms with Gasteiger partial charge in [-0.3, -0.25) is 9.36 Å². The van der Waals surface area contributed by atoms with Crippen molar-refractivity contribution in [3.8, 4) is 0 Å². The predicted molar refractivity (Wildman–Crippen MR) is 194 cm³/mol. The van der Waals surface area contributed by atoms with Crippen LogP contribution < -0.4 is 10.6 Å². The molecule has 51 heavy (non-hydrogen) atoms. The summed E-state index contributed by atoms with van der Waals surface area (Å²) in [5.41, 5.74) is 0.347. The normalized spacial score (nSPS) is 26.8. The first kappa shape index (κ1) is 38.6. The second kappa shape index (κ2) is 16.1. The number of hydrogen-bond donors (Lipinski definition) is 2. The van der Waals surface area contributed by atoms with Crippen LogP contribution in [0.2, 0.25) is 0 Å². The lowest BCUT2D eigenvalue weighted by Crippen LogP contribution is -2.56. The molecule has 2 saturated carbocycles. The van der Waals surface area contributed by atoms with Crippen molar-refractivity contribution >= 4 is 28.8 Å². The first-order valence-corrected chi connectivity index (χ1v) is 21.7. The van der Waals surface area contributed by atoms with Crippen LogP contribution in [-0.4, -0.2) is 81.7 Å². The molecule has 2 unspecified atom stereocenters. The highest BCUT2D eigenvalue weighted by Gasteiger charge is 2.63. The Kier molecular flexibility index (Phi) is 12.2. The lowest BCUT2D eigenvalue weighted by Gasteiger charge is -2.42. The molecule has 2 heterocycles. The molecule has 2 aliphatic carbocycles. The zero-order chi connectivity index (χ0) is 36.4. The van der Waals surface area contributed by atoms with E-state index >= 15 is 0 Å². The van der Waals surface area contributed by atoms with E-state index in [-0.39, 0.29) is 66.5 Å². The fourth-order valence-corrected chi connectivity index (χ4v) is 12.4. The Balaban J connectivity index is 1.26. The Hall–Kier alpha value is -2.15. The first-order chi connectivity index (χ1) is 24.4. The van der Waals surface area contributed by atoms with Gasteiger partial charge in [-0.05, 0) is 93.0 Å². The number of fused-ring (bicyclic) bond motifs is 1. The minimum absolute atomic E-state index is 0.00106. The molecular weight excluding hydrogens is 691 g/mol. The van der Waals surface area contributed by atoms with Gasteiger partial charge in [0.25, 0.3) is 0 Å². The summed E-state index contributed by atoms with van der Waals surface area (Å²) in [5.74, 6) is 0.941. The zero-order valence-corrected chi connectivity index (χ0v) is 32.0. The molecule has 4 aliphatic rings. The fraction of sp³-hybridized carbons (Fsp3) is 0.658.